The molecule has 1 aliphatic heterocycles. The number of ketones is 1. The third-order valence-corrected chi connectivity index (χ3v) is 6.43. The summed E-state index contributed by atoms with van der Waals surface area (Å²) in [4.78, 5) is 13.6. The number of nitrogens with one attached hydrogen (secondary N) is 2. The molecule has 6 heteroatoms. The molecule has 0 unspecified atom stereocenters. The topological polar surface area (TPSA) is 79.8 Å². The SMILES string of the molecule is COc1ccc([C@@H]2CC(=O)C3=C(C2)Nc2ccccc2N[C@H]3c2ccc(O)c(OC)c2)cc1. The molecule has 0 spiro atoms. The molecule has 0 aromatic heterocycles. The highest BCUT2D eigenvalue weighted by molar-refractivity contribution is 6.01. The van der Waals surface area contributed by atoms with Crippen molar-refractivity contribution < 1.29 is 19.4 Å². The van der Waals surface area contributed by atoms with Crippen LogP contribution >= 0.6 is 0 Å². The molecule has 0 fully saturated rings. The highest BCUT2D eigenvalue weighted by Gasteiger charge is 2.36. The molecule has 0 amide bonds. The number of para-hydroxylation sites is 2. The Morgan fingerprint density at radius 2 is 1.61 bits per heavy atom. The summed E-state index contributed by atoms with van der Waals surface area (Å²) >= 11 is 0. The number of carbonyl (C=O) groups excluding carboxylic acids is 1. The fourth-order valence-corrected chi connectivity index (χ4v) is 4.73. The third kappa shape index (κ3) is 3.89. The van der Waals surface area contributed by atoms with Crippen LogP contribution < -0.4 is 20.1 Å². The minimum atomic E-state index is -0.366. The Hall–Kier alpha value is -3.93. The van der Waals surface area contributed by atoms with Crippen LogP contribution in [0.15, 0.2) is 78.0 Å². The summed E-state index contributed by atoms with van der Waals surface area (Å²) in [5, 5.41) is 17.2. The van der Waals surface area contributed by atoms with Gasteiger partial charge in [-0.3, -0.25) is 4.79 Å². The van der Waals surface area contributed by atoms with Crippen LogP contribution in [0.4, 0.5) is 11.4 Å². The van der Waals surface area contributed by atoms with E-state index < -0.39 is 0 Å². The molecule has 33 heavy (non-hydrogen) atoms. The van der Waals surface area contributed by atoms with Gasteiger partial charge in [0.15, 0.2) is 17.3 Å². The molecule has 5 rings (SSSR count). The summed E-state index contributed by atoms with van der Waals surface area (Å²) in [5.41, 5.74) is 5.46. The number of hydrogen-bond donors (Lipinski definition) is 3. The molecule has 168 valence electrons. The lowest BCUT2D eigenvalue weighted by Gasteiger charge is -2.30. The van der Waals surface area contributed by atoms with Crippen LogP contribution in [0, 0.1) is 0 Å². The molecule has 3 aromatic carbocycles. The first-order valence-corrected chi connectivity index (χ1v) is 11.0. The van der Waals surface area contributed by atoms with Crippen molar-refractivity contribution in [3.05, 3.63) is 89.1 Å². The van der Waals surface area contributed by atoms with Gasteiger partial charge < -0.3 is 25.2 Å². The zero-order valence-corrected chi connectivity index (χ0v) is 18.6. The van der Waals surface area contributed by atoms with Crippen molar-refractivity contribution in [3.8, 4) is 17.2 Å². The molecular weight excluding hydrogens is 416 g/mol. The molecule has 2 atom stereocenters. The quantitative estimate of drug-likeness (QED) is 0.503. The number of phenols is 1. The lowest BCUT2D eigenvalue weighted by Crippen LogP contribution is -2.26. The van der Waals surface area contributed by atoms with Crippen LogP contribution in [-0.4, -0.2) is 25.1 Å². The summed E-state index contributed by atoms with van der Waals surface area (Å²) in [7, 11) is 3.17. The highest BCUT2D eigenvalue weighted by atomic mass is 16.5. The van der Waals surface area contributed by atoms with Gasteiger partial charge in [0.2, 0.25) is 0 Å². The Bertz CT molecular complexity index is 1230. The van der Waals surface area contributed by atoms with Crippen LogP contribution in [0.3, 0.4) is 0 Å². The first kappa shape index (κ1) is 20.9. The van der Waals surface area contributed by atoms with Crippen molar-refractivity contribution in [1.29, 1.82) is 0 Å². The van der Waals surface area contributed by atoms with Gasteiger partial charge in [0.05, 0.1) is 31.6 Å². The first-order valence-electron chi connectivity index (χ1n) is 11.0. The number of rotatable bonds is 4. The zero-order valence-electron chi connectivity index (χ0n) is 18.6. The van der Waals surface area contributed by atoms with Crippen LogP contribution in [0.5, 0.6) is 17.2 Å². The van der Waals surface area contributed by atoms with E-state index in [9.17, 15) is 9.90 Å². The van der Waals surface area contributed by atoms with Gasteiger partial charge in [-0.1, -0.05) is 30.3 Å². The predicted octanol–water partition coefficient (Wildman–Crippen LogP) is 5.39. The maximum absolute atomic E-state index is 13.6. The second-order valence-electron chi connectivity index (χ2n) is 8.37. The van der Waals surface area contributed by atoms with E-state index in [4.69, 9.17) is 9.47 Å². The normalized spacial score (nSPS) is 19.5. The van der Waals surface area contributed by atoms with E-state index in [0.29, 0.717) is 12.2 Å². The number of hydrogen-bond acceptors (Lipinski definition) is 6. The van der Waals surface area contributed by atoms with E-state index in [0.717, 1.165) is 45.9 Å². The van der Waals surface area contributed by atoms with Gasteiger partial charge in [-0.15, -0.1) is 0 Å². The number of Topliss-reactive ketones (excluding diaryl/α,β-unsaturated/α-hetero) is 1. The molecule has 3 aromatic rings. The second kappa shape index (κ2) is 8.54. The van der Waals surface area contributed by atoms with Gasteiger partial charge in [0.1, 0.15) is 5.75 Å². The molecule has 0 radical (unpaired) electrons. The second-order valence-corrected chi connectivity index (χ2v) is 8.37. The fourth-order valence-electron chi connectivity index (χ4n) is 4.73. The summed E-state index contributed by atoms with van der Waals surface area (Å²) in [5.74, 6) is 1.42. The summed E-state index contributed by atoms with van der Waals surface area (Å²) in [6.07, 6.45) is 1.14. The minimum absolute atomic E-state index is 0.0668. The Morgan fingerprint density at radius 1 is 0.879 bits per heavy atom. The number of fused-ring (bicyclic) bond motifs is 1. The average Bonchev–Trinajstić information content (AvgIpc) is 3.01. The summed E-state index contributed by atoms with van der Waals surface area (Å²) in [6.45, 7) is 0. The molecule has 2 aliphatic rings. The smallest absolute Gasteiger partial charge is 0.163 e. The van der Waals surface area contributed by atoms with E-state index in [1.54, 1.807) is 19.2 Å². The lowest BCUT2D eigenvalue weighted by molar-refractivity contribution is -0.116. The van der Waals surface area contributed by atoms with Crippen molar-refractivity contribution >= 4 is 17.2 Å². The molecule has 3 N–H and O–H groups in total. The predicted molar refractivity (Wildman–Crippen MR) is 128 cm³/mol. The van der Waals surface area contributed by atoms with Crippen molar-refractivity contribution in [2.24, 2.45) is 0 Å². The molecule has 0 saturated carbocycles. The van der Waals surface area contributed by atoms with Crippen molar-refractivity contribution in [3.63, 3.8) is 0 Å². The number of benzene rings is 3. The van der Waals surface area contributed by atoms with Crippen LogP contribution in [0.25, 0.3) is 0 Å². The molecule has 0 bridgehead atoms. The van der Waals surface area contributed by atoms with Gasteiger partial charge in [0.25, 0.3) is 0 Å². The van der Waals surface area contributed by atoms with Crippen LogP contribution in [0.1, 0.15) is 35.9 Å². The van der Waals surface area contributed by atoms with Crippen molar-refractivity contribution in [2.75, 3.05) is 24.9 Å². The van der Waals surface area contributed by atoms with E-state index in [2.05, 4.69) is 10.6 Å². The summed E-state index contributed by atoms with van der Waals surface area (Å²) in [6, 6.07) is 20.7. The molecular formula is C27H26N2O4. The fraction of sp³-hybridized carbons (Fsp3) is 0.222. The number of carbonyl (C=O) groups is 1. The number of ether oxygens (including phenoxy) is 2. The van der Waals surface area contributed by atoms with Gasteiger partial charge in [-0.25, -0.2) is 0 Å². The van der Waals surface area contributed by atoms with Gasteiger partial charge >= 0.3 is 0 Å². The summed E-state index contributed by atoms with van der Waals surface area (Å²) < 4.78 is 10.6. The zero-order chi connectivity index (χ0) is 22.9. The number of allylic oxidation sites excluding steroid dienone is 1. The Balaban J connectivity index is 1.59. The molecule has 6 nitrogen and oxygen atoms in total. The maximum Gasteiger partial charge on any atom is 0.163 e. The van der Waals surface area contributed by atoms with Gasteiger partial charge in [-0.05, 0) is 59.9 Å². The number of anilines is 2. The average molecular weight is 443 g/mol. The lowest BCUT2D eigenvalue weighted by atomic mass is 9.78. The Kier molecular flexibility index (Phi) is 5.42. The Morgan fingerprint density at radius 3 is 2.33 bits per heavy atom. The number of phenolic OH excluding ortho intramolecular Hbond substituents is 1. The van der Waals surface area contributed by atoms with Gasteiger partial charge in [0, 0.05) is 17.7 Å². The third-order valence-electron chi connectivity index (χ3n) is 6.43. The van der Waals surface area contributed by atoms with Crippen LogP contribution in [0.2, 0.25) is 0 Å². The van der Waals surface area contributed by atoms with Crippen molar-refractivity contribution in [2.45, 2.75) is 24.8 Å². The van der Waals surface area contributed by atoms with E-state index in [1.165, 1.54) is 7.11 Å². The molecule has 1 aliphatic carbocycles. The van der Waals surface area contributed by atoms with E-state index in [1.807, 2.05) is 54.6 Å². The van der Waals surface area contributed by atoms with Gasteiger partial charge in [-0.2, -0.15) is 0 Å². The number of aromatic hydroxyl groups is 1. The van der Waals surface area contributed by atoms with E-state index in [-0.39, 0.29) is 23.5 Å². The minimum Gasteiger partial charge on any atom is -0.504 e. The first-order chi connectivity index (χ1) is 16.1. The Labute approximate surface area is 192 Å². The largest absolute Gasteiger partial charge is 0.504 e. The number of methoxy groups -OCH3 is 2. The van der Waals surface area contributed by atoms with Crippen molar-refractivity contribution in [1.82, 2.24) is 0 Å². The maximum atomic E-state index is 13.6. The monoisotopic (exact) mass is 442 g/mol. The highest BCUT2D eigenvalue weighted by Crippen LogP contribution is 2.45. The standard InChI is InChI=1S/C27H26N2O4/c1-32-19-10-7-16(8-11-19)18-13-22-26(24(31)14-18)27(17-9-12-23(30)25(15-17)33-2)29-21-6-4-3-5-20(21)28-22/h3-12,15,18,27-30H,13-14H2,1-2H3/t18-,27-/m0/s1. The molecule has 0 saturated heterocycles. The molecule has 1 heterocycles. The van der Waals surface area contributed by atoms with E-state index >= 15 is 0 Å². The van der Waals surface area contributed by atoms with Crippen LogP contribution in [-0.2, 0) is 4.79 Å².